The van der Waals surface area contributed by atoms with Gasteiger partial charge < -0.3 is 14.4 Å². The monoisotopic (exact) mass is 339 g/mol. The molecule has 0 N–H and O–H groups in total. The van der Waals surface area contributed by atoms with Gasteiger partial charge in [0.1, 0.15) is 0 Å². The summed E-state index contributed by atoms with van der Waals surface area (Å²) in [5, 5.41) is 3.77. The summed E-state index contributed by atoms with van der Waals surface area (Å²) in [6, 6.07) is 1.86. The van der Waals surface area contributed by atoms with Gasteiger partial charge in [-0.15, -0.1) is 0 Å². The summed E-state index contributed by atoms with van der Waals surface area (Å²) in [5.74, 6) is -0.953. The molecule has 1 aromatic rings. The topological polar surface area (TPSA) is 72.9 Å². The van der Waals surface area contributed by atoms with Crippen LogP contribution in [0.3, 0.4) is 0 Å². The molecule has 0 saturated carbocycles. The molecule has 126 valence electrons. The summed E-state index contributed by atoms with van der Waals surface area (Å²) < 4.78 is 10.0. The Morgan fingerprint density at radius 3 is 2.61 bits per heavy atom. The Balaban J connectivity index is 1.68. The fourth-order valence-electron chi connectivity index (χ4n) is 2.47. The summed E-state index contributed by atoms with van der Waals surface area (Å²) in [7, 11) is 0. The fourth-order valence-corrected chi connectivity index (χ4v) is 3.14. The molecule has 0 bridgehead atoms. The van der Waals surface area contributed by atoms with E-state index < -0.39 is 5.97 Å². The van der Waals surface area contributed by atoms with Gasteiger partial charge in [-0.3, -0.25) is 14.4 Å². The Morgan fingerprint density at radius 2 is 2.00 bits per heavy atom. The van der Waals surface area contributed by atoms with Gasteiger partial charge in [0.05, 0.1) is 18.9 Å². The lowest BCUT2D eigenvalue weighted by molar-refractivity contribution is -0.154. The first kappa shape index (κ1) is 17.5. The minimum atomic E-state index is -0.404. The highest BCUT2D eigenvalue weighted by Gasteiger charge is 2.28. The van der Waals surface area contributed by atoms with E-state index >= 15 is 0 Å². The van der Waals surface area contributed by atoms with E-state index in [1.165, 1.54) is 11.3 Å². The van der Waals surface area contributed by atoms with Crippen molar-refractivity contribution in [2.75, 3.05) is 26.3 Å². The molecule has 0 unspecified atom stereocenters. The van der Waals surface area contributed by atoms with E-state index in [2.05, 4.69) is 0 Å². The molecule has 0 aliphatic carbocycles. The smallest absolute Gasteiger partial charge is 0.310 e. The van der Waals surface area contributed by atoms with Crippen LogP contribution >= 0.6 is 11.3 Å². The molecule has 1 amide bonds. The average Bonchev–Trinajstić information content (AvgIpc) is 3.06. The largest absolute Gasteiger partial charge is 0.466 e. The Morgan fingerprint density at radius 1 is 1.26 bits per heavy atom. The number of rotatable bonds is 6. The van der Waals surface area contributed by atoms with Crippen molar-refractivity contribution in [1.82, 2.24) is 4.90 Å². The molecule has 1 aliphatic rings. The van der Waals surface area contributed by atoms with Crippen LogP contribution in [0.2, 0.25) is 0 Å². The molecular weight excluding hydrogens is 318 g/mol. The van der Waals surface area contributed by atoms with E-state index in [-0.39, 0.29) is 30.8 Å². The number of nitrogens with zero attached hydrogens (tertiary/aromatic N) is 1. The van der Waals surface area contributed by atoms with Crippen LogP contribution in [0.25, 0.3) is 0 Å². The standard InChI is InChI=1S/C16H21NO5S/c1-2-21-16(20)13-3-6-17(7-4-13)14(18)10-22-15(19)9-12-5-8-23-11-12/h5,8,11,13H,2-4,6-7,9-10H2,1H3. The highest BCUT2D eigenvalue weighted by molar-refractivity contribution is 7.07. The van der Waals surface area contributed by atoms with E-state index in [1.807, 2.05) is 16.8 Å². The van der Waals surface area contributed by atoms with Crippen LogP contribution in [-0.4, -0.2) is 49.0 Å². The zero-order valence-electron chi connectivity index (χ0n) is 13.2. The van der Waals surface area contributed by atoms with Crippen molar-refractivity contribution in [1.29, 1.82) is 0 Å². The van der Waals surface area contributed by atoms with Gasteiger partial charge in [-0.1, -0.05) is 0 Å². The maximum absolute atomic E-state index is 12.0. The van der Waals surface area contributed by atoms with Crippen molar-refractivity contribution in [3.8, 4) is 0 Å². The fraction of sp³-hybridized carbons (Fsp3) is 0.562. The molecule has 0 atom stereocenters. The van der Waals surface area contributed by atoms with Gasteiger partial charge in [0, 0.05) is 13.1 Å². The minimum absolute atomic E-state index is 0.139. The third kappa shape index (κ3) is 5.35. The lowest BCUT2D eigenvalue weighted by atomic mass is 9.97. The first-order chi connectivity index (χ1) is 11.1. The normalized spacial score (nSPS) is 15.3. The number of amides is 1. The number of piperidine rings is 1. The van der Waals surface area contributed by atoms with Gasteiger partial charge in [0.15, 0.2) is 6.61 Å². The molecule has 0 spiro atoms. The van der Waals surface area contributed by atoms with Crippen molar-refractivity contribution >= 4 is 29.2 Å². The van der Waals surface area contributed by atoms with Crippen LogP contribution < -0.4 is 0 Å². The van der Waals surface area contributed by atoms with Gasteiger partial charge in [-0.25, -0.2) is 0 Å². The molecule has 2 heterocycles. The van der Waals surface area contributed by atoms with Crippen molar-refractivity contribution in [2.45, 2.75) is 26.2 Å². The maximum Gasteiger partial charge on any atom is 0.310 e. The van der Waals surface area contributed by atoms with E-state index in [4.69, 9.17) is 9.47 Å². The number of hydrogen-bond acceptors (Lipinski definition) is 6. The average molecular weight is 339 g/mol. The van der Waals surface area contributed by atoms with Crippen LogP contribution in [0, 0.1) is 5.92 Å². The second-order valence-electron chi connectivity index (χ2n) is 5.38. The molecule has 0 radical (unpaired) electrons. The van der Waals surface area contributed by atoms with Crippen molar-refractivity contribution in [3.63, 3.8) is 0 Å². The Labute approximate surface area is 139 Å². The Kier molecular flexibility index (Phi) is 6.58. The lowest BCUT2D eigenvalue weighted by Gasteiger charge is -2.30. The Hall–Kier alpha value is -1.89. The summed E-state index contributed by atoms with van der Waals surface area (Å²) in [4.78, 5) is 37.0. The Bertz CT molecular complexity index is 535. The lowest BCUT2D eigenvalue weighted by Crippen LogP contribution is -2.42. The van der Waals surface area contributed by atoms with Crippen molar-refractivity contribution in [3.05, 3.63) is 22.4 Å². The highest BCUT2D eigenvalue weighted by atomic mass is 32.1. The third-order valence-corrected chi connectivity index (χ3v) is 4.48. The summed E-state index contributed by atoms with van der Waals surface area (Å²) >= 11 is 1.51. The summed E-state index contributed by atoms with van der Waals surface area (Å²) in [6.07, 6.45) is 1.36. The van der Waals surface area contributed by atoms with Crippen molar-refractivity contribution < 1.29 is 23.9 Å². The van der Waals surface area contributed by atoms with Crippen LogP contribution in [0.15, 0.2) is 16.8 Å². The number of thiophene rings is 1. The number of likely N-dealkylation sites (tertiary alicyclic amines) is 1. The molecule has 23 heavy (non-hydrogen) atoms. The van der Waals surface area contributed by atoms with Crippen molar-refractivity contribution in [2.24, 2.45) is 5.92 Å². The minimum Gasteiger partial charge on any atom is -0.466 e. The van der Waals surface area contributed by atoms with Crippen LogP contribution in [0.4, 0.5) is 0 Å². The van der Waals surface area contributed by atoms with E-state index in [9.17, 15) is 14.4 Å². The zero-order chi connectivity index (χ0) is 16.7. The van der Waals surface area contributed by atoms with Gasteiger partial charge in [0.2, 0.25) is 0 Å². The SMILES string of the molecule is CCOC(=O)C1CCN(C(=O)COC(=O)Cc2ccsc2)CC1. The van der Waals surface area contributed by atoms with Gasteiger partial charge in [-0.2, -0.15) is 11.3 Å². The summed E-state index contributed by atoms with van der Waals surface area (Å²) in [6.45, 7) is 2.89. The van der Waals surface area contributed by atoms with Gasteiger partial charge in [-0.05, 0) is 42.2 Å². The molecular formula is C16H21NO5S. The molecule has 1 aliphatic heterocycles. The zero-order valence-corrected chi connectivity index (χ0v) is 14.0. The first-order valence-corrected chi connectivity index (χ1v) is 8.65. The third-order valence-electron chi connectivity index (χ3n) is 3.75. The molecule has 0 aromatic carbocycles. The molecule has 1 aromatic heterocycles. The van der Waals surface area contributed by atoms with E-state index in [0.717, 1.165) is 5.56 Å². The van der Waals surface area contributed by atoms with Crippen LogP contribution in [0.1, 0.15) is 25.3 Å². The highest BCUT2D eigenvalue weighted by Crippen LogP contribution is 2.18. The van der Waals surface area contributed by atoms with E-state index in [0.29, 0.717) is 32.5 Å². The maximum atomic E-state index is 12.0. The number of esters is 2. The van der Waals surface area contributed by atoms with E-state index in [1.54, 1.807) is 11.8 Å². The first-order valence-electron chi connectivity index (χ1n) is 7.71. The molecule has 1 saturated heterocycles. The number of hydrogen-bond donors (Lipinski definition) is 0. The molecule has 7 heteroatoms. The number of carbonyl (C=O) groups is 3. The molecule has 1 fully saturated rings. The number of ether oxygens (including phenoxy) is 2. The molecule has 2 rings (SSSR count). The van der Waals surface area contributed by atoms with Gasteiger partial charge in [0.25, 0.3) is 5.91 Å². The van der Waals surface area contributed by atoms with Crippen LogP contribution in [0.5, 0.6) is 0 Å². The predicted molar refractivity (Wildman–Crippen MR) is 84.9 cm³/mol. The van der Waals surface area contributed by atoms with Gasteiger partial charge >= 0.3 is 11.9 Å². The molecule has 6 nitrogen and oxygen atoms in total. The number of carbonyl (C=O) groups excluding carboxylic acids is 3. The summed E-state index contributed by atoms with van der Waals surface area (Å²) in [5.41, 5.74) is 0.891. The second-order valence-corrected chi connectivity index (χ2v) is 6.16. The van der Waals surface area contributed by atoms with Crippen LogP contribution in [-0.2, 0) is 30.3 Å². The second kappa shape index (κ2) is 8.67. The quantitative estimate of drug-likeness (QED) is 0.737. The predicted octanol–water partition coefficient (Wildman–Crippen LogP) is 1.64.